The molecule has 0 spiro atoms. The molecule has 126 valence electrons. The summed E-state index contributed by atoms with van der Waals surface area (Å²) in [7, 11) is 0. The number of anilines is 1. The number of rotatable bonds is 5. The molecule has 3 aromatic rings. The number of nitro groups is 1. The lowest BCUT2D eigenvalue weighted by Gasteiger charge is -2.03. The van der Waals surface area contributed by atoms with Gasteiger partial charge in [-0.2, -0.15) is 0 Å². The summed E-state index contributed by atoms with van der Waals surface area (Å²) in [5, 5.41) is 14.7. The summed E-state index contributed by atoms with van der Waals surface area (Å²) in [6.07, 6.45) is 2.25. The van der Waals surface area contributed by atoms with Crippen LogP contribution in [0.1, 0.15) is 20.8 Å². The lowest BCUT2D eigenvalue weighted by Crippen LogP contribution is -2.13. The van der Waals surface area contributed by atoms with Crippen molar-refractivity contribution in [3.63, 3.8) is 0 Å². The standard InChI is InChI=1S/C17H12ClN3O3S/c18-14-7-3-1-5-11(14)9-12-10-19-17(25-12)20-16(22)13-6-2-4-8-15(13)21(23)24/h1-8,10H,9H2,(H,19,20,22). The second-order valence-corrected chi connectivity index (χ2v) is 6.65. The van der Waals surface area contributed by atoms with Crippen LogP contribution in [-0.4, -0.2) is 15.8 Å². The van der Waals surface area contributed by atoms with Crippen molar-refractivity contribution in [3.05, 3.63) is 85.9 Å². The minimum atomic E-state index is -0.584. The van der Waals surface area contributed by atoms with E-state index in [-0.39, 0.29) is 11.3 Å². The van der Waals surface area contributed by atoms with Gasteiger partial charge >= 0.3 is 0 Å². The van der Waals surface area contributed by atoms with Gasteiger partial charge in [-0.1, -0.05) is 41.9 Å². The van der Waals surface area contributed by atoms with E-state index >= 15 is 0 Å². The van der Waals surface area contributed by atoms with Crippen molar-refractivity contribution in [3.8, 4) is 0 Å². The van der Waals surface area contributed by atoms with Crippen LogP contribution < -0.4 is 5.32 Å². The fraction of sp³-hybridized carbons (Fsp3) is 0.0588. The summed E-state index contributed by atoms with van der Waals surface area (Å²) in [5.41, 5.74) is 0.715. The molecule has 0 bridgehead atoms. The van der Waals surface area contributed by atoms with E-state index in [0.29, 0.717) is 16.6 Å². The summed E-state index contributed by atoms with van der Waals surface area (Å²) < 4.78 is 0. The number of carbonyl (C=O) groups excluding carboxylic acids is 1. The van der Waals surface area contributed by atoms with Crippen LogP contribution in [-0.2, 0) is 6.42 Å². The van der Waals surface area contributed by atoms with Gasteiger partial charge in [0.1, 0.15) is 5.56 Å². The number of nitrogens with one attached hydrogen (secondary N) is 1. The number of carbonyl (C=O) groups is 1. The Morgan fingerprint density at radius 2 is 1.92 bits per heavy atom. The third-order valence-corrected chi connectivity index (χ3v) is 4.72. The van der Waals surface area contributed by atoms with Gasteiger partial charge in [0.25, 0.3) is 11.6 Å². The number of halogens is 1. The fourth-order valence-electron chi connectivity index (χ4n) is 2.27. The number of hydrogen-bond acceptors (Lipinski definition) is 5. The number of amides is 1. The molecule has 2 aromatic carbocycles. The predicted octanol–water partition coefficient (Wildman–Crippen LogP) is 4.55. The van der Waals surface area contributed by atoms with Gasteiger partial charge in [-0.05, 0) is 17.7 Å². The number of thiazole rings is 1. The molecule has 8 heteroatoms. The van der Waals surface area contributed by atoms with E-state index in [1.165, 1.54) is 29.5 Å². The topological polar surface area (TPSA) is 85.1 Å². The highest BCUT2D eigenvalue weighted by Crippen LogP contribution is 2.26. The predicted molar refractivity (Wildman–Crippen MR) is 97.4 cm³/mol. The Morgan fingerprint density at radius 3 is 2.68 bits per heavy atom. The molecule has 0 aliphatic rings. The first-order chi connectivity index (χ1) is 12.0. The molecular formula is C17H12ClN3O3S. The Balaban J connectivity index is 1.75. The highest BCUT2D eigenvalue weighted by Gasteiger charge is 2.20. The van der Waals surface area contributed by atoms with Crippen molar-refractivity contribution >= 4 is 39.7 Å². The molecule has 0 saturated carbocycles. The minimum absolute atomic E-state index is 0.00430. The third kappa shape index (κ3) is 4.01. The molecule has 25 heavy (non-hydrogen) atoms. The SMILES string of the molecule is O=C(Nc1ncc(Cc2ccccc2Cl)s1)c1ccccc1[N+](=O)[O-]. The van der Waals surface area contributed by atoms with E-state index in [1.807, 2.05) is 24.3 Å². The average Bonchev–Trinajstić information content (AvgIpc) is 3.04. The van der Waals surface area contributed by atoms with Crippen molar-refractivity contribution in [1.29, 1.82) is 0 Å². The van der Waals surface area contributed by atoms with Crippen LogP contribution >= 0.6 is 22.9 Å². The number of hydrogen-bond donors (Lipinski definition) is 1. The minimum Gasteiger partial charge on any atom is -0.298 e. The Morgan fingerprint density at radius 1 is 1.20 bits per heavy atom. The van der Waals surface area contributed by atoms with E-state index in [9.17, 15) is 14.9 Å². The summed E-state index contributed by atoms with van der Waals surface area (Å²) >= 11 is 7.45. The fourth-order valence-corrected chi connectivity index (χ4v) is 3.30. The molecule has 0 atom stereocenters. The highest BCUT2D eigenvalue weighted by atomic mass is 35.5. The Kier molecular flexibility index (Phi) is 5.06. The maximum absolute atomic E-state index is 12.3. The third-order valence-electron chi connectivity index (χ3n) is 3.44. The van der Waals surface area contributed by atoms with Gasteiger partial charge in [-0.15, -0.1) is 11.3 Å². The summed E-state index contributed by atoms with van der Waals surface area (Å²) in [4.78, 5) is 27.8. The van der Waals surface area contributed by atoms with Gasteiger partial charge in [0.05, 0.1) is 4.92 Å². The van der Waals surface area contributed by atoms with E-state index in [4.69, 9.17) is 11.6 Å². The van der Waals surface area contributed by atoms with Crippen LogP contribution in [0.25, 0.3) is 0 Å². The van der Waals surface area contributed by atoms with Crippen molar-refractivity contribution < 1.29 is 9.72 Å². The van der Waals surface area contributed by atoms with Crippen molar-refractivity contribution in [2.75, 3.05) is 5.32 Å². The Hall–Kier alpha value is -2.77. The molecule has 1 heterocycles. The largest absolute Gasteiger partial charge is 0.298 e. The number of nitrogens with zero attached hydrogens (tertiary/aromatic N) is 2. The molecule has 0 aliphatic heterocycles. The zero-order valence-electron chi connectivity index (χ0n) is 12.8. The normalized spacial score (nSPS) is 10.4. The molecule has 0 unspecified atom stereocenters. The van der Waals surface area contributed by atoms with Crippen LogP contribution in [0.15, 0.2) is 54.7 Å². The summed E-state index contributed by atoms with van der Waals surface area (Å²) in [5.74, 6) is -0.564. The maximum atomic E-state index is 12.3. The summed E-state index contributed by atoms with van der Waals surface area (Å²) in [6.45, 7) is 0. The molecular weight excluding hydrogens is 362 g/mol. The van der Waals surface area contributed by atoms with Gasteiger partial charge in [-0.25, -0.2) is 4.98 Å². The Bertz CT molecular complexity index is 942. The van der Waals surface area contributed by atoms with Crippen LogP contribution in [0.3, 0.4) is 0 Å². The molecule has 1 amide bonds. The van der Waals surface area contributed by atoms with E-state index in [1.54, 1.807) is 12.3 Å². The van der Waals surface area contributed by atoms with Crippen LogP contribution in [0.5, 0.6) is 0 Å². The smallest absolute Gasteiger partial charge is 0.282 e. The van der Waals surface area contributed by atoms with Crippen LogP contribution in [0.2, 0.25) is 5.02 Å². The molecule has 0 fully saturated rings. The number of nitro benzene ring substituents is 1. The quantitative estimate of drug-likeness (QED) is 0.525. The first-order valence-corrected chi connectivity index (χ1v) is 8.47. The average molecular weight is 374 g/mol. The molecule has 0 saturated heterocycles. The first-order valence-electron chi connectivity index (χ1n) is 7.27. The van der Waals surface area contributed by atoms with E-state index in [2.05, 4.69) is 10.3 Å². The van der Waals surface area contributed by atoms with Crippen molar-refractivity contribution in [1.82, 2.24) is 4.98 Å². The van der Waals surface area contributed by atoms with Gasteiger partial charge in [0.15, 0.2) is 5.13 Å². The lowest BCUT2D eigenvalue weighted by molar-refractivity contribution is -0.385. The second kappa shape index (κ2) is 7.42. The molecule has 3 rings (SSSR count). The van der Waals surface area contributed by atoms with E-state index in [0.717, 1.165) is 10.4 Å². The van der Waals surface area contributed by atoms with Crippen molar-refractivity contribution in [2.45, 2.75) is 6.42 Å². The van der Waals surface area contributed by atoms with Gasteiger partial charge < -0.3 is 0 Å². The molecule has 1 N–H and O–H groups in total. The molecule has 0 aliphatic carbocycles. The van der Waals surface area contributed by atoms with Gasteiger partial charge in [-0.3, -0.25) is 20.2 Å². The zero-order chi connectivity index (χ0) is 17.8. The first kappa shape index (κ1) is 17.1. The van der Waals surface area contributed by atoms with E-state index < -0.39 is 10.8 Å². The molecule has 1 aromatic heterocycles. The Labute approximate surface area is 152 Å². The zero-order valence-corrected chi connectivity index (χ0v) is 14.4. The molecule has 0 radical (unpaired) electrons. The summed E-state index contributed by atoms with van der Waals surface area (Å²) in [6, 6.07) is 13.3. The highest BCUT2D eigenvalue weighted by molar-refractivity contribution is 7.15. The monoisotopic (exact) mass is 373 g/mol. The number of para-hydroxylation sites is 1. The maximum Gasteiger partial charge on any atom is 0.282 e. The lowest BCUT2D eigenvalue weighted by atomic mass is 10.1. The number of benzene rings is 2. The molecule has 6 nitrogen and oxygen atoms in total. The number of aromatic nitrogens is 1. The van der Waals surface area contributed by atoms with Crippen LogP contribution in [0.4, 0.5) is 10.8 Å². The van der Waals surface area contributed by atoms with Crippen LogP contribution in [0, 0.1) is 10.1 Å². The van der Waals surface area contributed by atoms with Crippen molar-refractivity contribution in [2.24, 2.45) is 0 Å². The second-order valence-electron chi connectivity index (χ2n) is 5.13. The van der Waals surface area contributed by atoms with Gasteiger partial charge in [0, 0.05) is 28.6 Å². The van der Waals surface area contributed by atoms with Gasteiger partial charge in [0.2, 0.25) is 0 Å².